The van der Waals surface area contributed by atoms with E-state index in [4.69, 9.17) is 10.5 Å². The van der Waals surface area contributed by atoms with Gasteiger partial charge in [0.1, 0.15) is 5.75 Å². The molecule has 1 saturated carbocycles. The van der Waals surface area contributed by atoms with Crippen LogP contribution in [0, 0.1) is 12.3 Å². The summed E-state index contributed by atoms with van der Waals surface area (Å²) in [5.74, 6) is 0.663. The van der Waals surface area contributed by atoms with Gasteiger partial charge in [-0.1, -0.05) is 12.5 Å². The quantitative estimate of drug-likeness (QED) is 0.879. The molecule has 2 rings (SSSR count). The summed E-state index contributed by atoms with van der Waals surface area (Å²) >= 11 is 0. The molecule has 1 aliphatic carbocycles. The van der Waals surface area contributed by atoms with Crippen LogP contribution in [0.3, 0.4) is 0 Å². The van der Waals surface area contributed by atoms with Gasteiger partial charge in [0, 0.05) is 6.04 Å². The largest absolute Gasteiger partial charge is 0.495 e. The Kier molecular flexibility index (Phi) is 3.80. The lowest BCUT2D eigenvalue weighted by Gasteiger charge is -2.27. The highest BCUT2D eigenvalue weighted by atomic mass is 16.5. The van der Waals surface area contributed by atoms with Crippen LogP contribution in [0.25, 0.3) is 0 Å². The number of anilines is 1. The Bertz CT molecular complexity index is 487. The molecule has 0 spiro atoms. The maximum absolute atomic E-state index is 12.5. The second-order valence-corrected chi connectivity index (χ2v) is 5.57. The summed E-state index contributed by atoms with van der Waals surface area (Å²) < 4.78 is 5.28. The van der Waals surface area contributed by atoms with E-state index in [2.05, 4.69) is 5.32 Å². The molecule has 0 aliphatic heterocycles. The van der Waals surface area contributed by atoms with Crippen LogP contribution < -0.4 is 15.8 Å². The van der Waals surface area contributed by atoms with Crippen molar-refractivity contribution < 1.29 is 9.53 Å². The fourth-order valence-electron chi connectivity index (χ4n) is 2.66. The van der Waals surface area contributed by atoms with Gasteiger partial charge in [0.2, 0.25) is 5.91 Å². The highest BCUT2D eigenvalue weighted by Gasteiger charge is 2.43. The van der Waals surface area contributed by atoms with E-state index < -0.39 is 5.41 Å². The average Bonchev–Trinajstić information content (AvgIpc) is 2.71. The predicted molar refractivity (Wildman–Crippen MR) is 76.3 cm³/mol. The maximum atomic E-state index is 12.5. The van der Waals surface area contributed by atoms with E-state index >= 15 is 0 Å². The van der Waals surface area contributed by atoms with Gasteiger partial charge in [-0.2, -0.15) is 0 Å². The highest BCUT2D eigenvalue weighted by molar-refractivity contribution is 5.97. The van der Waals surface area contributed by atoms with Crippen LogP contribution in [0.4, 0.5) is 5.69 Å². The van der Waals surface area contributed by atoms with Crippen molar-refractivity contribution in [1.29, 1.82) is 0 Å². The second-order valence-electron chi connectivity index (χ2n) is 5.57. The lowest BCUT2D eigenvalue weighted by molar-refractivity contribution is -0.125. The van der Waals surface area contributed by atoms with Gasteiger partial charge in [0.05, 0.1) is 18.2 Å². The van der Waals surface area contributed by atoms with Crippen LogP contribution in [0.15, 0.2) is 18.2 Å². The summed E-state index contributed by atoms with van der Waals surface area (Å²) in [6, 6.07) is 5.67. The zero-order valence-corrected chi connectivity index (χ0v) is 11.8. The number of nitrogens with two attached hydrogens (primary N) is 1. The zero-order chi connectivity index (χ0) is 14.0. The molecule has 1 aromatic carbocycles. The van der Waals surface area contributed by atoms with Crippen LogP contribution in [-0.2, 0) is 4.79 Å². The zero-order valence-electron chi connectivity index (χ0n) is 11.8. The molecule has 3 N–H and O–H groups in total. The van der Waals surface area contributed by atoms with Gasteiger partial charge in [0.15, 0.2) is 0 Å². The number of methoxy groups -OCH3 is 1. The molecule has 0 saturated heterocycles. The molecular formula is C15H22N2O2. The third kappa shape index (κ3) is 2.59. The minimum atomic E-state index is -0.477. The van der Waals surface area contributed by atoms with Crippen molar-refractivity contribution in [3.63, 3.8) is 0 Å². The Morgan fingerprint density at radius 2 is 2.26 bits per heavy atom. The topological polar surface area (TPSA) is 64.3 Å². The minimum Gasteiger partial charge on any atom is -0.495 e. The molecule has 4 heteroatoms. The molecule has 0 heterocycles. The molecular weight excluding hydrogens is 240 g/mol. The first-order chi connectivity index (χ1) is 8.97. The number of nitrogens with one attached hydrogen (secondary N) is 1. The Morgan fingerprint density at radius 1 is 1.53 bits per heavy atom. The fourth-order valence-corrected chi connectivity index (χ4v) is 2.66. The number of hydrogen-bond donors (Lipinski definition) is 2. The van der Waals surface area contributed by atoms with Gasteiger partial charge >= 0.3 is 0 Å². The average molecular weight is 262 g/mol. The van der Waals surface area contributed by atoms with Gasteiger partial charge in [0.25, 0.3) is 0 Å². The first-order valence-corrected chi connectivity index (χ1v) is 6.69. The standard InChI is InChI=1S/C15H22N2O2/c1-10-6-7-12(19-3)11(9-10)17-14(18)15(2)8-4-5-13(15)16/h6-7,9,13H,4-5,8,16H2,1-3H3,(H,17,18). The van der Waals surface area contributed by atoms with Gasteiger partial charge in [-0.25, -0.2) is 0 Å². The molecule has 104 valence electrons. The minimum absolute atomic E-state index is 0.0126. The lowest BCUT2D eigenvalue weighted by Crippen LogP contribution is -2.44. The predicted octanol–water partition coefficient (Wildman–Crippen LogP) is 2.46. The summed E-state index contributed by atoms with van der Waals surface area (Å²) in [5, 5.41) is 2.97. The third-order valence-corrected chi connectivity index (χ3v) is 4.15. The molecule has 1 amide bonds. The number of carbonyl (C=O) groups is 1. The fraction of sp³-hybridized carbons (Fsp3) is 0.533. The summed E-state index contributed by atoms with van der Waals surface area (Å²) in [5.41, 5.74) is 7.39. The van der Waals surface area contributed by atoms with E-state index in [1.807, 2.05) is 32.0 Å². The molecule has 19 heavy (non-hydrogen) atoms. The van der Waals surface area contributed by atoms with E-state index in [0.29, 0.717) is 11.4 Å². The first kappa shape index (κ1) is 13.9. The normalized spacial score (nSPS) is 26.2. The third-order valence-electron chi connectivity index (χ3n) is 4.15. The van der Waals surface area contributed by atoms with Crippen LogP contribution in [0.1, 0.15) is 31.7 Å². The second kappa shape index (κ2) is 5.21. The summed E-state index contributed by atoms with van der Waals surface area (Å²) in [7, 11) is 1.60. The van der Waals surface area contributed by atoms with E-state index in [-0.39, 0.29) is 11.9 Å². The molecule has 0 radical (unpaired) electrons. The van der Waals surface area contributed by atoms with E-state index in [0.717, 1.165) is 24.8 Å². The van der Waals surface area contributed by atoms with Crippen LogP contribution in [0.5, 0.6) is 5.75 Å². The van der Waals surface area contributed by atoms with Gasteiger partial charge in [-0.15, -0.1) is 0 Å². The lowest BCUT2D eigenvalue weighted by atomic mass is 9.84. The van der Waals surface area contributed by atoms with Crippen LogP contribution >= 0.6 is 0 Å². The smallest absolute Gasteiger partial charge is 0.231 e. The molecule has 2 unspecified atom stereocenters. The van der Waals surface area contributed by atoms with Crippen molar-refractivity contribution in [2.45, 2.75) is 39.2 Å². The van der Waals surface area contributed by atoms with E-state index in [1.165, 1.54) is 0 Å². The Balaban J connectivity index is 2.21. The molecule has 1 aliphatic rings. The van der Waals surface area contributed by atoms with Crippen molar-refractivity contribution in [2.24, 2.45) is 11.1 Å². The van der Waals surface area contributed by atoms with E-state index in [1.54, 1.807) is 7.11 Å². The van der Waals surface area contributed by atoms with E-state index in [9.17, 15) is 4.79 Å². The van der Waals surface area contributed by atoms with Crippen molar-refractivity contribution >= 4 is 11.6 Å². The van der Waals surface area contributed by atoms with Crippen molar-refractivity contribution in [2.75, 3.05) is 12.4 Å². The van der Waals surface area contributed by atoms with Gasteiger partial charge < -0.3 is 15.8 Å². The SMILES string of the molecule is COc1ccc(C)cc1NC(=O)C1(C)CCCC1N. The number of benzene rings is 1. The molecule has 0 aromatic heterocycles. The molecule has 1 fully saturated rings. The summed E-state index contributed by atoms with van der Waals surface area (Å²) in [6.45, 7) is 3.93. The Hall–Kier alpha value is -1.55. The van der Waals surface area contributed by atoms with Crippen molar-refractivity contribution in [3.8, 4) is 5.75 Å². The maximum Gasteiger partial charge on any atom is 0.231 e. The number of carbonyl (C=O) groups excluding carboxylic acids is 1. The summed E-state index contributed by atoms with van der Waals surface area (Å²) in [6.07, 6.45) is 2.76. The summed E-state index contributed by atoms with van der Waals surface area (Å²) in [4.78, 5) is 12.5. The number of rotatable bonds is 3. The Morgan fingerprint density at radius 3 is 2.84 bits per heavy atom. The molecule has 0 bridgehead atoms. The number of ether oxygens (including phenoxy) is 1. The van der Waals surface area contributed by atoms with Crippen LogP contribution in [-0.4, -0.2) is 19.1 Å². The first-order valence-electron chi connectivity index (χ1n) is 6.69. The van der Waals surface area contributed by atoms with Gasteiger partial charge in [-0.3, -0.25) is 4.79 Å². The van der Waals surface area contributed by atoms with Crippen LogP contribution in [0.2, 0.25) is 0 Å². The Labute approximate surface area is 114 Å². The number of aryl methyl sites for hydroxylation is 1. The van der Waals surface area contributed by atoms with Crippen molar-refractivity contribution in [1.82, 2.24) is 0 Å². The number of hydrogen-bond acceptors (Lipinski definition) is 3. The molecule has 2 atom stereocenters. The number of amides is 1. The highest BCUT2D eigenvalue weighted by Crippen LogP contribution is 2.38. The molecule has 1 aromatic rings. The van der Waals surface area contributed by atoms with Crippen molar-refractivity contribution in [3.05, 3.63) is 23.8 Å². The monoisotopic (exact) mass is 262 g/mol. The van der Waals surface area contributed by atoms with Gasteiger partial charge in [-0.05, 0) is 44.4 Å². The molecule has 4 nitrogen and oxygen atoms in total.